The van der Waals surface area contributed by atoms with Crippen LogP contribution in [0.5, 0.6) is 0 Å². The van der Waals surface area contributed by atoms with Crippen LogP contribution in [-0.4, -0.2) is 5.78 Å². The fourth-order valence-electron chi connectivity index (χ4n) is 2.04. The summed E-state index contributed by atoms with van der Waals surface area (Å²) in [7, 11) is 0. The highest BCUT2D eigenvalue weighted by Crippen LogP contribution is 2.19. The number of thiophene rings is 1. The van der Waals surface area contributed by atoms with Gasteiger partial charge in [0.2, 0.25) is 0 Å². The Morgan fingerprint density at radius 3 is 2.35 bits per heavy atom. The first-order chi connectivity index (χ1) is 9.72. The molecule has 2 rings (SSSR count). The van der Waals surface area contributed by atoms with Crippen LogP contribution in [0.1, 0.15) is 46.8 Å². The van der Waals surface area contributed by atoms with E-state index in [1.807, 2.05) is 42.5 Å². The molecule has 0 amide bonds. The molecule has 106 valence electrons. The molecule has 1 aromatic heterocycles. The van der Waals surface area contributed by atoms with Gasteiger partial charge in [-0.25, -0.2) is 0 Å². The van der Waals surface area contributed by atoms with Gasteiger partial charge in [0.25, 0.3) is 0 Å². The molecular weight excluding hydrogens is 266 g/mol. The molecule has 0 aliphatic rings. The van der Waals surface area contributed by atoms with Crippen LogP contribution in [0.3, 0.4) is 0 Å². The van der Waals surface area contributed by atoms with Gasteiger partial charge in [-0.15, -0.1) is 11.3 Å². The molecule has 0 aliphatic carbocycles. The van der Waals surface area contributed by atoms with Gasteiger partial charge in [-0.2, -0.15) is 0 Å². The van der Waals surface area contributed by atoms with Gasteiger partial charge in [-0.05, 0) is 49.2 Å². The second-order valence-electron chi connectivity index (χ2n) is 4.83. The van der Waals surface area contributed by atoms with Crippen LogP contribution in [0.25, 0.3) is 0 Å². The quantitative estimate of drug-likeness (QED) is 0.733. The molecule has 1 heterocycles. The van der Waals surface area contributed by atoms with Gasteiger partial charge in [-0.3, -0.25) is 4.79 Å². The van der Waals surface area contributed by atoms with E-state index in [-0.39, 0.29) is 5.78 Å². The summed E-state index contributed by atoms with van der Waals surface area (Å²) < 4.78 is 0. The van der Waals surface area contributed by atoms with Crippen LogP contribution >= 0.6 is 11.3 Å². The maximum Gasteiger partial charge on any atom is 0.162 e. The second kappa shape index (κ2) is 7.25. The number of anilines is 1. The number of aryl methyl sites for hydroxylation is 1. The molecule has 3 heteroatoms. The summed E-state index contributed by atoms with van der Waals surface area (Å²) >= 11 is 1.85. The summed E-state index contributed by atoms with van der Waals surface area (Å²) in [4.78, 5) is 14.5. The molecular formula is C17H21NOS. The zero-order valence-electron chi connectivity index (χ0n) is 12.1. The first kappa shape index (κ1) is 14.8. The summed E-state index contributed by atoms with van der Waals surface area (Å²) in [6, 6.07) is 12.1. The van der Waals surface area contributed by atoms with E-state index >= 15 is 0 Å². The van der Waals surface area contributed by atoms with E-state index in [4.69, 9.17) is 0 Å². The van der Waals surface area contributed by atoms with Crippen LogP contribution in [0.4, 0.5) is 5.69 Å². The van der Waals surface area contributed by atoms with Crippen molar-refractivity contribution in [3.05, 3.63) is 51.7 Å². The smallest absolute Gasteiger partial charge is 0.162 e. The SMILES string of the molecule is CCCC(=O)c1ccc(NCc2ccc(CC)s2)cc1. The highest BCUT2D eigenvalue weighted by molar-refractivity contribution is 7.12. The average Bonchev–Trinajstić information content (AvgIpc) is 2.94. The van der Waals surface area contributed by atoms with Crippen molar-refractivity contribution in [2.45, 2.75) is 39.7 Å². The topological polar surface area (TPSA) is 29.1 Å². The number of nitrogens with one attached hydrogen (secondary N) is 1. The average molecular weight is 287 g/mol. The second-order valence-corrected chi connectivity index (χ2v) is 6.08. The standard InChI is InChI=1S/C17H21NOS/c1-3-5-17(19)13-6-8-14(9-7-13)18-12-16-11-10-15(4-2)20-16/h6-11,18H,3-5,12H2,1-2H3. The van der Waals surface area contributed by atoms with Crippen molar-refractivity contribution in [2.24, 2.45) is 0 Å². The van der Waals surface area contributed by atoms with Crippen LogP contribution in [0.15, 0.2) is 36.4 Å². The molecule has 0 atom stereocenters. The molecule has 0 spiro atoms. The van der Waals surface area contributed by atoms with Crippen molar-refractivity contribution in [1.82, 2.24) is 0 Å². The summed E-state index contributed by atoms with van der Waals surface area (Å²) in [6.07, 6.45) is 2.62. The summed E-state index contributed by atoms with van der Waals surface area (Å²) in [5.74, 6) is 0.227. The van der Waals surface area contributed by atoms with E-state index in [1.54, 1.807) is 0 Å². The molecule has 2 aromatic rings. The maximum absolute atomic E-state index is 11.8. The van der Waals surface area contributed by atoms with Gasteiger partial charge >= 0.3 is 0 Å². The summed E-state index contributed by atoms with van der Waals surface area (Å²) in [6.45, 7) is 5.04. The van der Waals surface area contributed by atoms with Crippen molar-refractivity contribution >= 4 is 22.8 Å². The van der Waals surface area contributed by atoms with E-state index in [2.05, 4.69) is 24.4 Å². The number of hydrogen-bond acceptors (Lipinski definition) is 3. The lowest BCUT2D eigenvalue weighted by Gasteiger charge is -2.06. The van der Waals surface area contributed by atoms with Gasteiger partial charge in [0, 0.05) is 34.0 Å². The van der Waals surface area contributed by atoms with Crippen molar-refractivity contribution in [2.75, 3.05) is 5.32 Å². The van der Waals surface area contributed by atoms with Gasteiger partial charge in [0.05, 0.1) is 0 Å². The number of carbonyl (C=O) groups is 1. The number of carbonyl (C=O) groups excluding carboxylic acids is 1. The first-order valence-electron chi connectivity index (χ1n) is 7.17. The largest absolute Gasteiger partial charge is 0.380 e. The third-order valence-corrected chi connectivity index (χ3v) is 4.45. The number of rotatable bonds is 7. The zero-order valence-corrected chi connectivity index (χ0v) is 12.9. The molecule has 2 nitrogen and oxygen atoms in total. The van der Waals surface area contributed by atoms with Crippen LogP contribution in [-0.2, 0) is 13.0 Å². The maximum atomic E-state index is 11.8. The summed E-state index contributed by atoms with van der Waals surface area (Å²) in [5, 5.41) is 3.40. The van der Waals surface area contributed by atoms with E-state index in [0.717, 1.165) is 30.6 Å². The minimum Gasteiger partial charge on any atom is -0.380 e. The Labute approximate surface area is 124 Å². The molecule has 1 aromatic carbocycles. The highest BCUT2D eigenvalue weighted by atomic mass is 32.1. The molecule has 0 fully saturated rings. The molecule has 0 bridgehead atoms. The minimum atomic E-state index is 0.227. The molecule has 0 radical (unpaired) electrons. The van der Waals surface area contributed by atoms with E-state index in [0.29, 0.717) is 6.42 Å². The fraction of sp³-hybridized carbons (Fsp3) is 0.353. The van der Waals surface area contributed by atoms with Gasteiger partial charge in [0.15, 0.2) is 5.78 Å². The monoisotopic (exact) mass is 287 g/mol. The molecule has 0 unspecified atom stereocenters. The predicted octanol–water partition coefficient (Wildman–Crippen LogP) is 4.91. The van der Waals surface area contributed by atoms with Crippen molar-refractivity contribution in [1.29, 1.82) is 0 Å². The molecule has 0 saturated carbocycles. The number of benzene rings is 1. The Morgan fingerprint density at radius 2 is 1.75 bits per heavy atom. The number of ketones is 1. The normalized spacial score (nSPS) is 10.5. The minimum absolute atomic E-state index is 0.227. The van der Waals surface area contributed by atoms with Crippen molar-refractivity contribution in [3.63, 3.8) is 0 Å². The van der Waals surface area contributed by atoms with Gasteiger partial charge in [0.1, 0.15) is 0 Å². The predicted molar refractivity (Wildman–Crippen MR) is 86.7 cm³/mol. The lowest BCUT2D eigenvalue weighted by Crippen LogP contribution is -2.00. The first-order valence-corrected chi connectivity index (χ1v) is 7.99. The highest BCUT2D eigenvalue weighted by Gasteiger charge is 2.04. The molecule has 1 N–H and O–H groups in total. The molecule has 0 saturated heterocycles. The summed E-state index contributed by atoms with van der Waals surface area (Å²) in [5.41, 5.74) is 1.87. The van der Waals surface area contributed by atoms with Crippen LogP contribution < -0.4 is 5.32 Å². The van der Waals surface area contributed by atoms with E-state index in [9.17, 15) is 4.79 Å². The van der Waals surface area contributed by atoms with Crippen LogP contribution in [0.2, 0.25) is 0 Å². The van der Waals surface area contributed by atoms with E-state index in [1.165, 1.54) is 9.75 Å². The van der Waals surface area contributed by atoms with Crippen LogP contribution in [0, 0.1) is 0 Å². The Bertz CT molecular complexity index is 557. The third kappa shape index (κ3) is 3.94. The Hall–Kier alpha value is -1.61. The fourth-order valence-corrected chi connectivity index (χ4v) is 2.94. The van der Waals surface area contributed by atoms with E-state index < -0.39 is 0 Å². The number of hydrogen-bond donors (Lipinski definition) is 1. The van der Waals surface area contributed by atoms with Crippen molar-refractivity contribution in [3.8, 4) is 0 Å². The Balaban J connectivity index is 1.92. The van der Waals surface area contributed by atoms with Crippen molar-refractivity contribution < 1.29 is 4.79 Å². The zero-order chi connectivity index (χ0) is 14.4. The Morgan fingerprint density at radius 1 is 1.05 bits per heavy atom. The number of Topliss-reactive ketones (excluding diaryl/α,β-unsaturated/α-hetero) is 1. The molecule has 0 aliphatic heterocycles. The Kier molecular flexibility index (Phi) is 5.36. The lowest BCUT2D eigenvalue weighted by molar-refractivity contribution is 0.0982. The lowest BCUT2D eigenvalue weighted by atomic mass is 10.1. The van der Waals surface area contributed by atoms with Gasteiger partial charge < -0.3 is 5.32 Å². The third-order valence-electron chi connectivity index (χ3n) is 3.22. The van der Waals surface area contributed by atoms with Gasteiger partial charge in [-0.1, -0.05) is 13.8 Å². The molecule has 20 heavy (non-hydrogen) atoms.